The van der Waals surface area contributed by atoms with Crippen LogP contribution in [0.2, 0.25) is 0 Å². The molecule has 1 atom stereocenters. The van der Waals surface area contributed by atoms with E-state index in [0.717, 1.165) is 18.4 Å². The highest BCUT2D eigenvalue weighted by atomic mass is 79.9. The lowest BCUT2D eigenvalue weighted by molar-refractivity contribution is 0.601. The first-order chi connectivity index (χ1) is 12.8. The second kappa shape index (κ2) is 6.38. The summed E-state index contributed by atoms with van der Waals surface area (Å²) in [5.74, 6) is 0.742. The van der Waals surface area contributed by atoms with E-state index in [-0.39, 0.29) is 5.82 Å². The van der Waals surface area contributed by atoms with E-state index in [2.05, 4.69) is 38.1 Å². The normalized spacial score (nSPS) is 16.3. The highest BCUT2D eigenvalue weighted by Crippen LogP contribution is 2.39. The number of hydrogen-bond donors (Lipinski definition) is 1. The minimum absolute atomic E-state index is 0.211. The molecule has 0 saturated carbocycles. The zero-order chi connectivity index (χ0) is 19.3. The van der Waals surface area contributed by atoms with E-state index in [0.29, 0.717) is 33.2 Å². The minimum Gasteiger partial charge on any atom is -0.361 e. The number of imidazole rings is 1. The monoisotopic (exact) mass is 423 g/mol. The van der Waals surface area contributed by atoms with Crippen LogP contribution in [0, 0.1) is 17.1 Å². The summed E-state index contributed by atoms with van der Waals surface area (Å²) in [5, 5.41) is 11.8. The van der Waals surface area contributed by atoms with E-state index in [1.54, 1.807) is 22.9 Å². The number of nitriles is 1. The van der Waals surface area contributed by atoms with Crippen molar-refractivity contribution in [1.29, 1.82) is 5.26 Å². The molecule has 0 saturated heterocycles. The van der Waals surface area contributed by atoms with Crippen LogP contribution >= 0.6 is 15.9 Å². The van der Waals surface area contributed by atoms with Crippen LogP contribution in [0.1, 0.15) is 41.6 Å². The van der Waals surface area contributed by atoms with Crippen molar-refractivity contribution in [2.24, 2.45) is 0 Å². The number of fused-ring (bicyclic) bond motifs is 2. The molecule has 9 heteroatoms. The van der Waals surface area contributed by atoms with E-state index in [1.165, 1.54) is 5.56 Å². The number of benzene rings is 1. The number of nitrogens with one attached hydrogen (secondary N) is 1. The van der Waals surface area contributed by atoms with E-state index < -0.39 is 5.34 Å². The minimum atomic E-state index is -0.690. The Bertz CT molecular complexity index is 1110. The lowest BCUT2D eigenvalue weighted by atomic mass is 9.57. The van der Waals surface area contributed by atoms with Gasteiger partial charge >= 0.3 is 0 Å². The molecule has 0 bridgehead atoms. The third kappa shape index (κ3) is 2.92. The maximum atomic E-state index is 14.9. The van der Waals surface area contributed by atoms with E-state index >= 15 is 0 Å². The van der Waals surface area contributed by atoms with Gasteiger partial charge in [-0.15, -0.1) is 0 Å². The van der Waals surface area contributed by atoms with Crippen molar-refractivity contribution < 1.29 is 4.39 Å². The highest BCUT2D eigenvalue weighted by Gasteiger charge is 2.32. The van der Waals surface area contributed by atoms with E-state index in [9.17, 15) is 4.39 Å². The van der Waals surface area contributed by atoms with Crippen molar-refractivity contribution in [3.8, 4) is 6.07 Å². The molecule has 134 valence electrons. The Kier molecular flexibility index (Phi) is 4.26. The maximum Gasteiger partial charge on any atom is 0.208 e. The molecule has 1 aliphatic rings. The third-order valence-electron chi connectivity index (χ3n) is 5.27. The SMILES string of the molecule is BC(B)(Nc1ncc(Br)c2nc(C#N)cn12)c1c(F)ccc2c1CCC2C. The molecule has 0 spiro atoms. The molecule has 2 heterocycles. The smallest absolute Gasteiger partial charge is 0.208 e. The molecule has 1 N–H and O–H groups in total. The van der Waals surface area contributed by atoms with Crippen LogP contribution in [0.3, 0.4) is 0 Å². The zero-order valence-corrected chi connectivity index (χ0v) is 16.9. The molecular weight excluding hydrogens is 407 g/mol. The molecule has 1 aromatic carbocycles. The molecule has 2 aromatic heterocycles. The van der Waals surface area contributed by atoms with Gasteiger partial charge < -0.3 is 5.32 Å². The Morgan fingerprint density at radius 2 is 2.22 bits per heavy atom. The lowest BCUT2D eigenvalue weighted by Crippen LogP contribution is -2.39. The first-order valence-corrected chi connectivity index (χ1v) is 9.64. The first kappa shape index (κ1) is 18.1. The highest BCUT2D eigenvalue weighted by molar-refractivity contribution is 9.10. The van der Waals surface area contributed by atoms with Crippen LogP contribution in [0.4, 0.5) is 10.3 Å². The summed E-state index contributed by atoms with van der Waals surface area (Å²) >= 11 is 3.41. The van der Waals surface area contributed by atoms with Gasteiger partial charge in [0.05, 0.1) is 10.7 Å². The number of hydrogen-bond acceptors (Lipinski definition) is 4. The second-order valence-electron chi connectivity index (χ2n) is 7.54. The van der Waals surface area contributed by atoms with Gasteiger partial charge in [-0.05, 0) is 57.4 Å². The summed E-state index contributed by atoms with van der Waals surface area (Å²) in [6.45, 7) is 2.18. The van der Waals surface area contributed by atoms with Gasteiger partial charge in [0.2, 0.25) is 5.95 Å². The topological polar surface area (TPSA) is 66.0 Å². The number of rotatable bonds is 3. The number of halogens is 2. The average Bonchev–Trinajstić information content (AvgIpc) is 3.22. The molecule has 27 heavy (non-hydrogen) atoms. The quantitative estimate of drug-likeness (QED) is 0.655. The van der Waals surface area contributed by atoms with E-state index in [4.69, 9.17) is 5.26 Å². The van der Waals surface area contributed by atoms with Gasteiger partial charge in [-0.1, -0.05) is 13.0 Å². The largest absolute Gasteiger partial charge is 0.361 e. The predicted molar refractivity (Wildman–Crippen MR) is 111 cm³/mol. The summed E-state index contributed by atoms with van der Waals surface area (Å²) < 4.78 is 17.3. The maximum absolute atomic E-state index is 14.9. The third-order valence-corrected chi connectivity index (χ3v) is 5.83. The zero-order valence-electron chi connectivity index (χ0n) is 15.3. The molecule has 5 nitrogen and oxygen atoms in total. The van der Waals surface area contributed by atoms with Crippen LogP contribution in [0.15, 0.2) is 29.0 Å². The van der Waals surface area contributed by atoms with Gasteiger partial charge in [0.15, 0.2) is 11.3 Å². The predicted octanol–water partition coefficient (Wildman–Crippen LogP) is 2.04. The van der Waals surface area contributed by atoms with Crippen molar-refractivity contribution in [3.63, 3.8) is 0 Å². The second-order valence-corrected chi connectivity index (χ2v) is 8.40. The van der Waals surface area contributed by atoms with Crippen molar-refractivity contribution >= 4 is 43.2 Å². The van der Waals surface area contributed by atoms with Gasteiger partial charge in [-0.2, -0.15) is 5.26 Å². The summed E-state index contributed by atoms with van der Waals surface area (Å²) in [7, 11) is 3.90. The number of nitrogens with zero attached hydrogens (tertiary/aromatic N) is 4. The summed E-state index contributed by atoms with van der Waals surface area (Å²) in [6, 6.07) is 5.52. The molecule has 0 radical (unpaired) electrons. The summed E-state index contributed by atoms with van der Waals surface area (Å²) in [5.41, 5.74) is 3.89. The molecule has 0 amide bonds. The van der Waals surface area contributed by atoms with Crippen molar-refractivity contribution in [2.45, 2.75) is 31.0 Å². The van der Waals surface area contributed by atoms with Crippen LogP contribution in [0.5, 0.6) is 0 Å². The Labute approximate surface area is 167 Å². The van der Waals surface area contributed by atoms with Crippen molar-refractivity contribution in [1.82, 2.24) is 14.4 Å². The average molecular weight is 424 g/mol. The number of aromatic nitrogens is 3. The molecule has 3 aromatic rings. The Morgan fingerprint density at radius 1 is 1.44 bits per heavy atom. The molecule has 0 aliphatic heterocycles. The van der Waals surface area contributed by atoms with Gasteiger partial charge in [0, 0.05) is 11.5 Å². The van der Waals surface area contributed by atoms with Gasteiger partial charge in [-0.25, -0.2) is 14.4 Å². The lowest BCUT2D eigenvalue weighted by Gasteiger charge is -2.31. The standard InChI is InChI=1S/C18H17B2BrFN5/c1-9-2-3-12-11(9)4-5-14(22)15(12)18(19,20)26-17-24-7-13(21)16-25-10(6-23)8-27(16)17/h4-5,7-9H,2-3,19-20H2,1H3,(H,24,26). The fourth-order valence-corrected chi connectivity index (χ4v) is 4.38. The van der Waals surface area contributed by atoms with Crippen molar-refractivity contribution in [3.05, 3.63) is 57.2 Å². The van der Waals surface area contributed by atoms with Gasteiger partial charge in [0.25, 0.3) is 0 Å². The van der Waals surface area contributed by atoms with Crippen LogP contribution < -0.4 is 5.32 Å². The number of anilines is 1. The van der Waals surface area contributed by atoms with Gasteiger partial charge in [0.1, 0.15) is 27.6 Å². The molecule has 0 fully saturated rings. The van der Waals surface area contributed by atoms with E-state index in [1.807, 2.05) is 27.8 Å². The Morgan fingerprint density at radius 3 is 2.96 bits per heavy atom. The van der Waals surface area contributed by atoms with Crippen LogP contribution in [0.25, 0.3) is 5.65 Å². The summed E-state index contributed by atoms with van der Waals surface area (Å²) in [4.78, 5) is 8.72. The van der Waals surface area contributed by atoms with Gasteiger partial charge in [-0.3, -0.25) is 4.40 Å². The van der Waals surface area contributed by atoms with Crippen LogP contribution in [-0.4, -0.2) is 30.1 Å². The fraction of sp³-hybridized carbons (Fsp3) is 0.278. The summed E-state index contributed by atoms with van der Waals surface area (Å²) in [6.07, 6.45) is 5.17. The molecule has 1 unspecified atom stereocenters. The van der Waals surface area contributed by atoms with Crippen molar-refractivity contribution in [2.75, 3.05) is 5.32 Å². The first-order valence-electron chi connectivity index (χ1n) is 8.85. The Hall–Kier alpha value is -2.33. The molecular formula is C18H17B2BrFN5. The Balaban J connectivity index is 1.82. The van der Waals surface area contributed by atoms with Crippen LogP contribution in [-0.2, 0) is 11.8 Å². The molecule has 1 aliphatic carbocycles. The fourth-order valence-electron chi connectivity index (χ4n) is 3.99. The molecule has 4 rings (SSSR count).